The van der Waals surface area contributed by atoms with Crippen LogP contribution in [-0.2, 0) is 18.4 Å². The highest BCUT2D eigenvalue weighted by Crippen LogP contribution is 2.12. The summed E-state index contributed by atoms with van der Waals surface area (Å²) in [5.74, 6) is 1.13. The molecule has 1 heterocycles. The number of nitrogens with one attached hydrogen (secondary N) is 2. The first-order chi connectivity index (χ1) is 11.0. The predicted molar refractivity (Wildman–Crippen MR) is 91.7 cm³/mol. The Morgan fingerprint density at radius 1 is 1.22 bits per heavy atom. The van der Waals surface area contributed by atoms with E-state index in [1.807, 2.05) is 68.9 Å². The minimum atomic E-state index is -0.252. The number of benzene rings is 1. The van der Waals surface area contributed by atoms with Crippen LogP contribution in [0.4, 0.5) is 0 Å². The second-order valence-corrected chi connectivity index (χ2v) is 6.20. The minimum absolute atomic E-state index is 0.0140. The standard InChI is InChI=1S/C18H26N4O/c1-13(2)17(20-12-16-19-10-11-22(16)4)18(23)21-14(3)15-8-6-5-7-9-15/h5-11,13-14,17,20H,12H2,1-4H3,(H,21,23)/t14-,17+/m1/s1. The lowest BCUT2D eigenvalue weighted by Gasteiger charge is -2.24. The molecule has 0 unspecified atom stereocenters. The summed E-state index contributed by atoms with van der Waals surface area (Å²) >= 11 is 0. The number of nitrogens with zero attached hydrogens (tertiary/aromatic N) is 2. The molecular formula is C18H26N4O. The van der Waals surface area contributed by atoms with Gasteiger partial charge in [0.1, 0.15) is 5.82 Å². The fourth-order valence-electron chi connectivity index (χ4n) is 2.53. The van der Waals surface area contributed by atoms with Crippen LogP contribution in [0.25, 0.3) is 0 Å². The average molecular weight is 314 g/mol. The summed E-state index contributed by atoms with van der Waals surface area (Å²) in [5.41, 5.74) is 1.10. The molecule has 0 aliphatic rings. The van der Waals surface area contributed by atoms with E-state index in [1.54, 1.807) is 6.20 Å². The molecule has 2 N–H and O–H groups in total. The Kier molecular flexibility index (Phi) is 5.93. The molecule has 23 heavy (non-hydrogen) atoms. The number of hydrogen-bond donors (Lipinski definition) is 2. The third kappa shape index (κ3) is 4.66. The van der Waals surface area contributed by atoms with Gasteiger partial charge >= 0.3 is 0 Å². The van der Waals surface area contributed by atoms with Gasteiger partial charge in [0.2, 0.25) is 5.91 Å². The number of aromatic nitrogens is 2. The molecule has 0 spiro atoms. The van der Waals surface area contributed by atoms with E-state index in [-0.39, 0.29) is 23.9 Å². The van der Waals surface area contributed by atoms with Gasteiger partial charge in [0.25, 0.3) is 0 Å². The Balaban J connectivity index is 1.97. The van der Waals surface area contributed by atoms with E-state index in [0.717, 1.165) is 11.4 Å². The molecule has 1 aromatic heterocycles. The van der Waals surface area contributed by atoms with Crippen LogP contribution in [-0.4, -0.2) is 21.5 Å². The molecule has 2 aromatic rings. The zero-order valence-electron chi connectivity index (χ0n) is 14.3. The van der Waals surface area contributed by atoms with Crippen LogP contribution in [0.5, 0.6) is 0 Å². The second kappa shape index (κ2) is 7.92. The molecule has 0 bridgehead atoms. The topological polar surface area (TPSA) is 59.0 Å². The van der Waals surface area contributed by atoms with Crippen molar-refractivity contribution < 1.29 is 4.79 Å². The maximum absolute atomic E-state index is 12.6. The van der Waals surface area contributed by atoms with Gasteiger partial charge in [-0.3, -0.25) is 10.1 Å². The average Bonchev–Trinajstić information content (AvgIpc) is 2.93. The van der Waals surface area contributed by atoms with Crippen LogP contribution in [0, 0.1) is 5.92 Å². The molecule has 1 amide bonds. The number of imidazole rings is 1. The maximum atomic E-state index is 12.6. The number of rotatable bonds is 7. The van der Waals surface area contributed by atoms with E-state index in [0.29, 0.717) is 6.54 Å². The highest BCUT2D eigenvalue weighted by Gasteiger charge is 2.23. The van der Waals surface area contributed by atoms with E-state index >= 15 is 0 Å². The summed E-state index contributed by atoms with van der Waals surface area (Å²) in [7, 11) is 1.95. The summed E-state index contributed by atoms with van der Waals surface area (Å²) in [4.78, 5) is 16.9. The normalized spacial score (nSPS) is 13.8. The smallest absolute Gasteiger partial charge is 0.237 e. The van der Waals surface area contributed by atoms with Crippen LogP contribution in [0.15, 0.2) is 42.7 Å². The zero-order valence-corrected chi connectivity index (χ0v) is 14.3. The molecule has 1 aromatic carbocycles. The van der Waals surface area contributed by atoms with Gasteiger partial charge in [-0.2, -0.15) is 0 Å². The van der Waals surface area contributed by atoms with Crippen molar-refractivity contribution in [2.75, 3.05) is 0 Å². The third-order valence-corrected chi connectivity index (χ3v) is 4.01. The van der Waals surface area contributed by atoms with Crippen molar-refractivity contribution in [3.63, 3.8) is 0 Å². The van der Waals surface area contributed by atoms with Crippen molar-refractivity contribution in [1.82, 2.24) is 20.2 Å². The number of aryl methyl sites for hydroxylation is 1. The summed E-state index contributed by atoms with van der Waals surface area (Å²) in [5, 5.41) is 6.42. The van der Waals surface area contributed by atoms with Crippen molar-refractivity contribution in [1.29, 1.82) is 0 Å². The van der Waals surface area contributed by atoms with Gasteiger partial charge in [-0.05, 0) is 18.4 Å². The summed E-state index contributed by atoms with van der Waals surface area (Å²) in [6.45, 7) is 6.66. The van der Waals surface area contributed by atoms with Crippen LogP contribution < -0.4 is 10.6 Å². The zero-order chi connectivity index (χ0) is 16.8. The lowest BCUT2D eigenvalue weighted by molar-refractivity contribution is -0.124. The van der Waals surface area contributed by atoms with Crippen molar-refractivity contribution >= 4 is 5.91 Å². The van der Waals surface area contributed by atoms with Crippen LogP contribution in [0.2, 0.25) is 0 Å². The van der Waals surface area contributed by atoms with Crippen molar-refractivity contribution in [3.05, 3.63) is 54.1 Å². The Labute approximate surface area is 138 Å². The molecule has 5 heteroatoms. The maximum Gasteiger partial charge on any atom is 0.237 e. The van der Waals surface area contributed by atoms with Crippen molar-refractivity contribution in [2.45, 2.75) is 39.4 Å². The van der Waals surface area contributed by atoms with Gasteiger partial charge < -0.3 is 9.88 Å². The SMILES string of the molecule is CC(C)[C@H](NCc1nccn1C)C(=O)N[C@H](C)c1ccccc1. The van der Waals surface area contributed by atoms with Crippen molar-refractivity contribution in [2.24, 2.45) is 13.0 Å². The van der Waals surface area contributed by atoms with Crippen molar-refractivity contribution in [3.8, 4) is 0 Å². The quantitative estimate of drug-likeness (QED) is 0.825. The Morgan fingerprint density at radius 3 is 2.48 bits per heavy atom. The number of carbonyl (C=O) groups excluding carboxylic acids is 1. The Morgan fingerprint density at radius 2 is 1.91 bits per heavy atom. The van der Waals surface area contributed by atoms with E-state index in [9.17, 15) is 4.79 Å². The van der Waals surface area contributed by atoms with Crippen LogP contribution >= 0.6 is 0 Å². The van der Waals surface area contributed by atoms with Crippen LogP contribution in [0.3, 0.4) is 0 Å². The third-order valence-electron chi connectivity index (χ3n) is 4.01. The van der Waals surface area contributed by atoms with Gasteiger partial charge in [0.05, 0.1) is 18.6 Å². The van der Waals surface area contributed by atoms with Gasteiger partial charge in [0, 0.05) is 19.4 Å². The first-order valence-corrected chi connectivity index (χ1v) is 8.04. The summed E-state index contributed by atoms with van der Waals surface area (Å²) in [6, 6.07) is 9.73. The van der Waals surface area contributed by atoms with Gasteiger partial charge in [-0.1, -0.05) is 44.2 Å². The predicted octanol–water partition coefficient (Wildman–Crippen LogP) is 2.41. The Hall–Kier alpha value is -2.14. The molecule has 124 valence electrons. The molecule has 0 aliphatic carbocycles. The molecule has 0 aliphatic heterocycles. The molecule has 0 fully saturated rings. The van der Waals surface area contributed by atoms with E-state index < -0.39 is 0 Å². The largest absolute Gasteiger partial charge is 0.348 e. The minimum Gasteiger partial charge on any atom is -0.348 e. The first-order valence-electron chi connectivity index (χ1n) is 8.04. The second-order valence-electron chi connectivity index (χ2n) is 6.20. The summed E-state index contributed by atoms with van der Waals surface area (Å²) < 4.78 is 1.95. The lowest BCUT2D eigenvalue weighted by Crippen LogP contribution is -2.47. The van der Waals surface area contributed by atoms with E-state index in [2.05, 4.69) is 15.6 Å². The highest BCUT2D eigenvalue weighted by atomic mass is 16.2. The molecule has 0 radical (unpaired) electrons. The van der Waals surface area contributed by atoms with Crippen LogP contribution in [0.1, 0.15) is 38.2 Å². The molecule has 0 saturated carbocycles. The van der Waals surface area contributed by atoms with Gasteiger partial charge in [0.15, 0.2) is 0 Å². The Bertz CT molecular complexity index is 621. The van der Waals surface area contributed by atoms with Gasteiger partial charge in [-0.15, -0.1) is 0 Å². The lowest BCUT2D eigenvalue weighted by atomic mass is 10.0. The highest BCUT2D eigenvalue weighted by molar-refractivity contribution is 5.82. The molecule has 2 rings (SSSR count). The number of amides is 1. The van der Waals surface area contributed by atoms with Gasteiger partial charge in [-0.25, -0.2) is 4.98 Å². The fraction of sp³-hybridized carbons (Fsp3) is 0.444. The molecule has 2 atom stereocenters. The monoisotopic (exact) mass is 314 g/mol. The molecular weight excluding hydrogens is 288 g/mol. The fourth-order valence-corrected chi connectivity index (χ4v) is 2.53. The molecule has 0 saturated heterocycles. The molecule has 5 nitrogen and oxygen atoms in total. The number of carbonyl (C=O) groups is 1. The summed E-state index contributed by atoms with van der Waals surface area (Å²) in [6.07, 6.45) is 3.66. The van der Waals surface area contributed by atoms with E-state index in [4.69, 9.17) is 0 Å². The number of hydrogen-bond acceptors (Lipinski definition) is 3. The first kappa shape index (κ1) is 17.2. The van der Waals surface area contributed by atoms with E-state index in [1.165, 1.54) is 0 Å².